The van der Waals surface area contributed by atoms with Crippen LogP contribution in [0.1, 0.15) is 28.8 Å². The molecule has 0 radical (unpaired) electrons. The number of hydrogen-bond donors (Lipinski definition) is 2. The Balaban J connectivity index is 1.80. The third-order valence-electron chi connectivity index (χ3n) is 3.56. The second-order valence-electron chi connectivity index (χ2n) is 5.51. The van der Waals surface area contributed by atoms with Gasteiger partial charge in [-0.2, -0.15) is 0 Å². The van der Waals surface area contributed by atoms with E-state index in [2.05, 4.69) is 5.32 Å². The molecule has 134 valence electrons. The predicted octanol–water partition coefficient (Wildman–Crippen LogP) is 5.92. The van der Waals surface area contributed by atoms with Crippen LogP contribution in [0.5, 0.6) is 5.75 Å². The minimum atomic E-state index is -1.08. The number of halogens is 3. The van der Waals surface area contributed by atoms with Crippen molar-refractivity contribution >= 4 is 46.5 Å². The molecule has 0 aromatic heterocycles. The van der Waals surface area contributed by atoms with Gasteiger partial charge in [-0.25, -0.2) is 4.79 Å². The van der Waals surface area contributed by atoms with Crippen LogP contribution >= 0.6 is 34.8 Å². The molecule has 7 heteroatoms. The van der Waals surface area contributed by atoms with E-state index in [1.807, 2.05) is 25.1 Å². The van der Waals surface area contributed by atoms with Gasteiger partial charge in [0.25, 0.3) is 0 Å². The summed E-state index contributed by atoms with van der Waals surface area (Å²) in [6.07, 6.45) is 1.60. The predicted molar refractivity (Wildman–Crippen MR) is 103 cm³/mol. The van der Waals surface area contributed by atoms with E-state index in [1.165, 1.54) is 12.1 Å². The number of carboxylic acids is 1. The van der Waals surface area contributed by atoms with Gasteiger partial charge in [0.1, 0.15) is 5.75 Å². The number of nitrogens with one attached hydrogen (secondary N) is 1. The van der Waals surface area contributed by atoms with Crippen LogP contribution in [0, 0.1) is 6.92 Å². The van der Waals surface area contributed by atoms with Crippen LogP contribution < -0.4 is 10.1 Å². The van der Waals surface area contributed by atoms with Crippen LogP contribution in [0.15, 0.2) is 30.3 Å². The van der Waals surface area contributed by atoms with Crippen molar-refractivity contribution in [2.75, 3.05) is 18.5 Å². The molecular weight excluding hydrogens is 385 g/mol. The van der Waals surface area contributed by atoms with Crippen LogP contribution in [0.4, 0.5) is 5.69 Å². The van der Waals surface area contributed by atoms with Gasteiger partial charge in [0.05, 0.1) is 22.9 Å². The van der Waals surface area contributed by atoms with E-state index in [4.69, 9.17) is 39.5 Å². The Labute approximate surface area is 161 Å². The van der Waals surface area contributed by atoms with Crippen molar-refractivity contribution in [3.05, 3.63) is 56.5 Å². The average molecular weight is 403 g/mol. The van der Waals surface area contributed by atoms with Crippen molar-refractivity contribution in [3.8, 4) is 5.75 Å². The number of carbonyl (C=O) groups is 1. The maximum Gasteiger partial charge on any atom is 0.337 e. The molecule has 0 unspecified atom stereocenters. The summed E-state index contributed by atoms with van der Waals surface area (Å²) < 4.78 is 5.67. The Bertz CT molecular complexity index is 765. The summed E-state index contributed by atoms with van der Waals surface area (Å²) in [5.41, 5.74) is 1.41. The number of unbranched alkanes of at least 4 members (excludes halogenated alkanes) is 1. The van der Waals surface area contributed by atoms with Crippen LogP contribution in [0.3, 0.4) is 0 Å². The van der Waals surface area contributed by atoms with Gasteiger partial charge in [-0.1, -0.05) is 34.8 Å². The highest BCUT2D eigenvalue weighted by Crippen LogP contribution is 2.30. The first-order valence-electron chi connectivity index (χ1n) is 7.73. The molecule has 25 heavy (non-hydrogen) atoms. The molecule has 0 bridgehead atoms. The lowest BCUT2D eigenvalue weighted by Crippen LogP contribution is -2.09. The van der Waals surface area contributed by atoms with Gasteiger partial charge in [0.2, 0.25) is 0 Å². The molecule has 2 aromatic rings. The quantitative estimate of drug-likeness (QED) is 0.538. The Morgan fingerprint density at radius 2 is 1.88 bits per heavy atom. The fourth-order valence-electron chi connectivity index (χ4n) is 2.26. The van der Waals surface area contributed by atoms with E-state index in [0.29, 0.717) is 28.9 Å². The molecule has 0 spiro atoms. The minimum Gasteiger partial charge on any atom is -0.494 e. The lowest BCUT2D eigenvalue weighted by atomic mass is 10.1. The SMILES string of the molecule is Cc1cc(OCCCCNc2c(Cl)cc(Cl)cc2C(=O)O)ccc1Cl. The van der Waals surface area contributed by atoms with E-state index in [-0.39, 0.29) is 10.6 Å². The summed E-state index contributed by atoms with van der Waals surface area (Å²) in [6.45, 7) is 3.06. The van der Waals surface area contributed by atoms with E-state index >= 15 is 0 Å². The summed E-state index contributed by atoms with van der Waals surface area (Å²) >= 11 is 17.9. The van der Waals surface area contributed by atoms with Gasteiger partial charge in [-0.05, 0) is 55.7 Å². The number of aromatic carboxylic acids is 1. The molecular formula is C18H18Cl3NO3. The number of ether oxygens (including phenoxy) is 1. The Hall–Kier alpha value is -1.62. The molecule has 0 aliphatic rings. The average Bonchev–Trinajstić information content (AvgIpc) is 2.55. The first-order valence-corrected chi connectivity index (χ1v) is 8.87. The van der Waals surface area contributed by atoms with E-state index in [0.717, 1.165) is 24.2 Å². The highest BCUT2D eigenvalue weighted by molar-refractivity contribution is 6.37. The van der Waals surface area contributed by atoms with Gasteiger partial charge in [0, 0.05) is 16.6 Å². The van der Waals surface area contributed by atoms with Gasteiger partial charge < -0.3 is 15.2 Å². The van der Waals surface area contributed by atoms with Crippen molar-refractivity contribution < 1.29 is 14.6 Å². The normalized spacial score (nSPS) is 10.6. The van der Waals surface area contributed by atoms with Gasteiger partial charge in [0.15, 0.2) is 0 Å². The van der Waals surface area contributed by atoms with Crippen molar-refractivity contribution in [2.24, 2.45) is 0 Å². The molecule has 0 aliphatic carbocycles. The van der Waals surface area contributed by atoms with Gasteiger partial charge in [-0.15, -0.1) is 0 Å². The molecule has 2 rings (SSSR count). The van der Waals surface area contributed by atoms with E-state index in [9.17, 15) is 9.90 Å². The Kier molecular flexibility index (Phi) is 7.24. The summed E-state index contributed by atoms with van der Waals surface area (Å²) in [5, 5.41) is 13.6. The maximum absolute atomic E-state index is 11.3. The summed E-state index contributed by atoms with van der Waals surface area (Å²) in [6, 6.07) is 8.44. The maximum atomic E-state index is 11.3. The Morgan fingerprint density at radius 3 is 2.56 bits per heavy atom. The number of aryl methyl sites for hydroxylation is 1. The van der Waals surface area contributed by atoms with Crippen LogP contribution in [0.2, 0.25) is 15.1 Å². The van der Waals surface area contributed by atoms with Gasteiger partial charge in [-0.3, -0.25) is 0 Å². The third kappa shape index (κ3) is 5.70. The molecule has 2 aromatic carbocycles. The fourth-order valence-corrected chi connectivity index (χ4v) is 2.94. The first-order chi connectivity index (χ1) is 11.9. The minimum absolute atomic E-state index is 0.0605. The second-order valence-corrected chi connectivity index (χ2v) is 6.76. The zero-order chi connectivity index (χ0) is 18.4. The summed E-state index contributed by atoms with van der Waals surface area (Å²) in [7, 11) is 0. The van der Waals surface area contributed by atoms with Crippen LogP contribution in [0.25, 0.3) is 0 Å². The molecule has 0 heterocycles. The number of anilines is 1. The molecule has 0 amide bonds. The van der Waals surface area contributed by atoms with Crippen LogP contribution in [-0.2, 0) is 0 Å². The fraction of sp³-hybridized carbons (Fsp3) is 0.278. The topological polar surface area (TPSA) is 58.6 Å². The molecule has 0 saturated carbocycles. The highest BCUT2D eigenvalue weighted by atomic mass is 35.5. The van der Waals surface area contributed by atoms with Gasteiger partial charge >= 0.3 is 5.97 Å². The van der Waals surface area contributed by atoms with E-state index < -0.39 is 5.97 Å². The number of benzene rings is 2. The number of rotatable bonds is 8. The molecule has 0 fully saturated rings. The number of carboxylic acid groups (broad SMARTS) is 1. The lowest BCUT2D eigenvalue weighted by molar-refractivity contribution is 0.0698. The molecule has 4 nitrogen and oxygen atoms in total. The zero-order valence-corrected chi connectivity index (χ0v) is 15.9. The number of hydrogen-bond acceptors (Lipinski definition) is 3. The summed E-state index contributed by atoms with van der Waals surface area (Å²) in [4.78, 5) is 11.3. The zero-order valence-electron chi connectivity index (χ0n) is 13.6. The molecule has 0 atom stereocenters. The van der Waals surface area contributed by atoms with Crippen LogP contribution in [-0.4, -0.2) is 24.2 Å². The van der Waals surface area contributed by atoms with Crippen molar-refractivity contribution in [1.29, 1.82) is 0 Å². The summed E-state index contributed by atoms with van der Waals surface area (Å²) in [5.74, 6) is -0.294. The third-order valence-corrected chi connectivity index (χ3v) is 4.50. The highest BCUT2D eigenvalue weighted by Gasteiger charge is 2.14. The Morgan fingerprint density at radius 1 is 1.12 bits per heavy atom. The monoisotopic (exact) mass is 401 g/mol. The van der Waals surface area contributed by atoms with E-state index in [1.54, 1.807) is 0 Å². The molecule has 2 N–H and O–H groups in total. The largest absolute Gasteiger partial charge is 0.494 e. The lowest BCUT2D eigenvalue weighted by Gasteiger charge is -2.12. The smallest absolute Gasteiger partial charge is 0.337 e. The first kappa shape index (κ1) is 19.7. The molecule has 0 saturated heterocycles. The molecule has 0 aliphatic heterocycles. The van der Waals surface area contributed by atoms with Crippen molar-refractivity contribution in [2.45, 2.75) is 19.8 Å². The van der Waals surface area contributed by atoms with Crippen molar-refractivity contribution in [3.63, 3.8) is 0 Å². The second kappa shape index (κ2) is 9.18. The van der Waals surface area contributed by atoms with Crippen molar-refractivity contribution in [1.82, 2.24) is 0 Å². The standard InChI is InChI=1S/C18H18Cl3NO3/c1-11-8-13(4-5-15(11)20)25-7-3-2-6-22-17-14(18(23)24)9-12(19)10-16(17)21/h4-5,8-10,22H,2-3,6-7H2,1H3,(H,23,24).